The fourth-order valence-electron chi connectivity index (χ4n) is 3.07. The zero-order chi connectivity index (χ0) is 17.1. The summed E-state index contributed by atoms with van der Waals surface area (Å²) >= 11 is 6.08. The van der Waals surface area contributed by atoms with Crippen molar-refractivity contribution in [3.05, 3.63) is 35.4 Å². The maximum Gasteiger partial charge on any atom is 0.257 e. The van der Waals surface area contributed by atoms with Crippen molar-refractivity contribution in [2.24, 2.45) is 5.92 Å². The van der Waals surface area contributed by atoms with E-state index in [1.165, 1.54) is 13.4 Å². The number of methoxy groups -OCH3 is 1. The number of piperidine rings is 1. The Hall–Kier alpha value is -1.70. The Kier molecular flexibility index (Phi) is 8.46. The first kappa shape index (κ1) is 22.3. The average molecular weight is 423 g/mol. The van der Waals surface area contributed by atoms with Gasteiger partial charge in [-0.15, -0.1) is 24.8 Å². The van der Waals surface area contributed by atoms with E-state index in [1.807, 2.05) is 4.90 Å². The normalized spacial score (nSPS) is 16.4. The van der Waals surface area contributed by atoms with Gasteiger partial charge >= 0.3 is 0 Å². The van der Waals surface area contributed by atoms with Crippen LogP contribution in [-0.2, 0) is 6.54 Å². The molecule has 3 rings (SSSR count). The molecular weight excluding hydrogens is 401 g/mol. The van der Waals surface area contributed by atoms with Gasteiger partial charge in [0.2, 0.25) is 0 Å². The van der Waals surface area contributed by atoms with Gasteiger partial charge < -0.3 is 15.4 Å². The lowest BCUT2D eigenvalue weighted by Crippen LogP contribution is -2.41. The monoisotopic (exact) mass is 421 g/mol. The molecule has 7 nitrogen and oxygen atoms in total. The molecule has 1 aromatic heterocycles. The molecule has 0 bridgehead atoms. The number of benzene rings is 1. The lowest BCUT2D eigenvalue weighted by molar-refractivity contribution is 0.0656. The van der Waals surface area contributed by atoms with E-state index in [1.54, 1.807) is 23.1 Å². The highest BCUT2D eigenvalue weighted by atomic mass is 35.5. The average Bonchev–Trinajstić information content (AvgIpc) is 3.09. The minimum Gasteiger partial charge on any atom is -0.496 e. The summed E-state index contributed by atoms with van der Waals surface area (Å²) in [6.45, 7) is 2.14. The quantitative estimate of drug-likeness (QED) is 0.766. The van der Waals surface area contributed by atoms with Crippen molar-refractivity contribution < 1.29 is 9.53 Å². The largest absolute Gasteiger partial charge is 0.496 e. The number of amides is 1. The lowest BCUT2D eigenvalue weighted by atomic mass is 9.97. The Morgan fingerprint density at radius 1 is 1.42 bits per heavy atom. The molecule has 144 valence electrons. The summed E-state index contributed by atoms with van der Waals surface area (Å²) < 4.78 is 7.10. The molecule has 10 heteroatoms. The van der Waals surface area contributed by atoms with Crippen LogP contribution >= 0.6 is 36.4 Å². The molecule has 1 aliphatic rings. The van der Waals surface area contributed by atoms with E-state index in [9.17, 15) is 4.79 Å². The highest BCUT2D eigenvalue weighted by Crippen LogP contribution is 2.31. The van der Waals surface area contributed by atoms with Crippen LogP contribution in [0.2, 0.25) is 5.02 Å². The Balaban J connectivity index is 0.00000169. The van der Waals surface area contributed by atoms with Crippen LogP contribution in [0.3, 0.4) is 0 Å². The van der Waals surface area contributed by atoms with Crippen molar-refractivity contribution in [1.82, 2.24) is 19.7 Å². The van der Waals surface area contributed by atoms with Crippen molar-refractivity contribution in [2.45, 2.75) is 19.4 Å². The number of nitrogens with zero attached hydrogens (tertiary/aromatic N) is 4. The first-order valence-electron chi connectivity index (χ1n) is 7.83. The van der Waals surface area contributed by atoms with Crippen LogP contribution in [0, 0.1) is 5.92 Å². The van der Waals surface area contributed by atoms with Crippen molar-refractivity contribution in [3.63, 3.8) is 0 Å². The molecule has 0 spiro atoms. The summed E-state index contributed by atoms with van der Waals surface area (Å²) in [6.07, 6.45) is 5.23. The van der Waals surface area contributed by atoms with E-state index in [0.717, 1.165) is 25.9 Å². The van der Waals surface area contributed by atoms with Gasteiger partial charge in [-0.1, -0.05) is 11.6 Å². The number of nitrogens with two attached hydrogens (primary N) is 1. The molecule has 1 atom stereocenters. The molecule has 2 aromatic rings. The smallest absolute Gasteiger partial charge is 0.257 e. The minimum atomic E-state index is -0.0861. The van der Waals surface area contributed by atoms with Crippen LogP contribution in [0.4, 0.5) is 5.69 Å². The highest BCUT2D eigenvalue weighted by Gasteiger charge is 2.27. The van der Waals surface area contributed by atoms with Gasteiger partial charge in [-0.25, -0.2) is 4.98 Å². The van der Waals surface area contributed by atoms with Gasteiger partial charge in [0.1, 0.15) is 18.4 Å². The molecule has 1 aromatic carbocycles. The molecule has 26 heavy (non-hydrogen) atoms. The van der Waals surface area contributed by atoms with Crippen LogP contribution in [0.5, 0.6) is 5.75 Å². The fraction of sp³-hybridized carbons (Fsp3) is 0.438. The Morgan fingerprint density at radius 2 is 2.19 bits per heavy atom. The van der Waals surface area contributed by atoms with Gasteiger partial charge in [0.05, 0.1) is 23.4 Å². The van der Waals surface area contributed by atoms with Crippen LogP contribution < -0.4 is 10.5 Å². The number of anilines is 1. The van der Waals surface area contributed by atoms with E-state index < -0.39 is 0 Å². The summed E-state index contributed by atoms with van der Waals surface area (Å²) in [5, 5.41) is 4.49. The predicted molar refractivity (Wildman–Crippen MR) is 106 cm³/mol. The number of likely N-dealkylation sites (tertiary alicyclic amines) is 1. The number of aromatic nitrogens is 3. The molecular formula is C16H22Cl3N5O2. The third-order valence-electron chi connectivity index (χ3n) is 4.27. The van der Waals surface area contributed by atoms with Crippen LogP contribution in [-0.4, -0.2) is 45.8 Å². The van der Waals surface area contributed by atoms with E-state index in [4.69, 9.17) is 22.1 Å². The number of hydrogen-bond acceptors (Lipinski definition) is 5. The second-order valence-corrected chi connectivity index (χ2v) is 6.36. The maximum absolute atomic E-state index is 12.9. The van der Waals surface area contributed by atoms with Crippen molar-refractivity contribution in [2.75, 3.05) is 25.9 Å². The van der Waals surface area contributed by atoms with E-state index in [0.29, 0.717) is 34.5 Å². The predicted octanol–water partition coefficient (Wildman–Crippen LogP) is 2.92. The third-order valence-corrected chi connectivity index (χ3v) is 4.59. The van der Waals surface area contributed by atoms with Crippen molar-refractivity contribution in [3.8, 4) is 5.75 Å². The van der Waals surface area contributed by atoms with E-state index >= 15 is 0 Å². The van der Waals surface area contributed by atoms with Gasteiger partial charge in [-0.2, -0.15) is 5.10 Å². The molecule has 0 aliphatic carbocycles. The van der Waals surface area contributed by atoms with Gasteiger partial charge in [0, 0.05) is 25.7 Å². The Labute approximate surface area is 169 Å². The van der Waals surface area contributed by atoms with Gasteiger partial charge in [0.15, 0.2) is 0 Å². The first-order chi connectivity index (χ1) is 11.6. The van der Waals surface area contributed by atoms with Crippen LogP contribution in [0.1, 0.15) is 23.2 Å². The third kappa shape index (κ3) is 4.93. The van der Waals surface area contributed by atoms with E-state index in [-0.39, 0.29) is 30.7 Å². The second-order valence-electron chi connectivity index (χ2n) is 5.95. The number of hydrogen-bond donors (Lipinski definition) is 1. The molecule has 0 radical (unpaired) electrons. The van der Waals surface area contributed by atoms with E-state index in [2.05, 4.69) is 10.1 Å². The molecule has 1 unspecified atom stereocenters. The summed E-state index contributed by atoms with van der Waals surface area (Å²) in [4.78, 5) is 18.7. The maximum atomic E-state index is 12.9. The summed E-state index contributed by atoms with van der Waals surface area (Å²) in [5.74, 6) is 0.706. The van der Waals surface area contributed by atoms with Gasteiger partial charge in [0.25, 0.3) is 5.91 Å². The Bertz CT molecular complexity index is 727. The highest BCUT2D eigenvalue weighted by molar-refractivity contribution is 6.33. The molecule has 1 amide bonds. The first-order valence-corrected chi connectivity index (χ1v) is 8.21. The van der Waals surface area contributed by atoms with Gasteiger partial charge in [-0.3, -0.25) is 9.48 Å². The minimum absolute atomic E-state index is 0. The topological polar surface area (TPSA) is 86.3 Å². The summed E-state index contributed by atoms with van der Waals surface area (Å²) in [6, 6.07) is 3.17. The SMILES string of the molecule is COc1cc(N)c(Cl)cc1C(=O)N1CCCC(Cn2cncn2)C1.Cl.Cl. The molecule has 2 heterocycles. The van der Waals surface area contributed by atoms with Crippen LogP contribution in [0.15, 0.2) is 24.8 Å². The standard InChI is InChI=1S/C16H20ClN5O2.2ClH/c1-24-15-6-14(18)13(17)5-12(15)16(23)21-4-2-3-11(7-21)8-22-10-19-9-20-22;;/h5-6,9-11H,2-4,7-8,18H2,1H3;2*1H. The molecule has 1 fully saturated rings. The zero-order valence-corrected chi connectivity index (χ0v) is 16.7. The summed E-state index contributed by atoms with van der Waals surface area (Å²) in [5.41, 5.74) is 6.63. The number of nitrogen functional groups attached to an aromatic ring is 1. The number of carbonyl (C=O) groups is 1. The van der Waals surface area contributed by atoms with Crippen molar-refractivity contribution >= 4 is 48.0 Å². The second kappa shape index (κ2) is 9.85. The fourth-order valence-corrected chi connectivity index (χ4v) is 3.23. The lowest BCUT2D eigenvalue weighted by Gasteiger charge is -2.33. The molecule has 1 aliphatic heterocycles. The molecule has 2 N–H and O–H groups in total. The molecule has 1 saturated heterocycles. The zero-order valence-electron chi connectivity index (χ0n) is 14.3. The van der Waals surface area contributed by atoms with Crippen LogP contribution in [0.25, 0.3) is 0 Å². The number of rotatable bonds is 4. The number of carbonyl (C=O) groups excluding carboxylic acids is 1. The van der Waals surface area contributed by atoms with Gasteiger partial charge in [-0.05, 0) is 24.8 Å². The summed E-state index contributed by atoms with van der Waals surface area (Å²) in [7, 11) is 1.52. The number of halogens is 3. The number of ether oxygens (including phenoxy) is 1. The van der Waals surface area contributed by atoms with Crippen molar-refractivity contribution in [1.29, 1.82) is 0 Å². The molecule has 0 saturated carbocycles. The Morgan fingerprint density at radius 3 is 2.85 bits per heavy atom.